The van der Waals surface area contributed by atoms with Crippen LogP contribution in [-0.2, 0) is 6.54 Å². The molecule has 1 atom stereocenters. The number of carboxylic acids is 1. The third kappa shape index (κ3) is 1.93. The molecule has 1 aliphatic rings. The van der Waals surface area contributed by atoms with Gasteiger partial charge in [-0.1, -0.05) is 12.1 Å². The van der Waals surface area contributed by atoms with Gasteiger partial charge in [-0.25, -0.2) is 13.9 Å². The van der Waals surface area contributed by atoms with Crippen LogP contribution in [0.3, 0.4) is 0 Å². The van der Waals surface area contributed by atoms with Crippen molar-refractivity contribution in [1.29, 1.82) is 0 Å². The average Bonchev–Trinajstić information content (AvgIpc) is 2.77. The number of aromatic carboxylic acids is 1. The van der Waals surface area contributed by atoms with Crippen LogP contribution >= 0.6 is 0 Å². The van der Waals surface area contributed by atoms with Gasteiger partial charge >= 0.3 is 5.97 Å². The van der Waals surface area contributed by atoms with Crippen molar-refractivity contribution in [3.05, 3.63) is 35.6 Å². The molecule has 0 amide bonds. The fraction of sp³-hybridized carbons (Fsp3) is 0.286. The second kappa shape index (κ2) is 4.63. The van der Waals surface area contributed by atoms with Gasteiger partial charge in [0, 0.05) is 18.5 Å². The second-order valence-corrected chi connectivity index (χ2v) is 4.75. The third-order valence-corrected chi connectivity index (χ3v) is 3.31. The van der Waals surface area contributed by atoms with E-state index in [0.29, 0.717) is 6.54 Å². The first-order valence-electron chi connectivity index (χ1n) is 6.33. The number of carboxylic acid groups (broad SMARTS) is 1. The molecule has 20 heavy (non-hydrogen) atoms. The topological polar surface area (TPSA) is 64.4 Å². The van der Waals surface area contributed by atoms with Gasteiger partial charge in [0.05, 0.1) is 6.10 Å². The van der Waals surface area contributed by atoms with Gasteiger partial charge in [-0.05, 0) is 19.1 Å². The maximum Gasteiger partial charge on any atom is 0.343 e. The Bertz CT molecular complexity index is 681. The Hall–Kier alpha value is -2.37. The highest BCUT2D eigenvalue weighted by atomic mass is 19.1. The van der Waals surface area contributed by atoms with Crippen molar-refractivity contribution < 1.29 is 19.0 Å². The molecule has 0 saturated carbocycles. The Morgan fingerprint density at radius 3 is 2.95 bits per heavy atom. The SMILES string of the molecule is CC1CCn2nc(-c3ccccc3F)c(C(=O)O)c2O1. The number of ether oxygens (including phenoxy) is 1. The number of hydrogen-bond acceptors (Lipinski definition) is 3. The van der Waals surface area contributed by atoms with E-state index in [9.17, 15) is 14.3 Å². The molecule has 1 aromatic carbocycles. The summed E-state index contributed by atoms with van der Waals surface area (Å²) < 4.78 is 20.9. The van der Waals surface area contributed by atoms with E-state index >= 15 is 0 Å². The van der Waals surface area contributed by atoms with Crippen molar-refractivity contribution in [2.24, 2.45) is 0 Å². The van der Waals surface area contributed by atoms with Crippen molar-refractivity contribution >= 4 is 5.97 Å². The molecular formula is C14H13FN2O3. The normalized spacial score (nSPS) is 17.4. The largest absolute Gasteiger partial charge is 0.477 e. The maximum atomic E-state index is 13.9. The Balaban J connectivity index is 2.22. The number of halogens is 1. The zero-order chi connectivity index (χ0) is 14.3. The van der Waals surface area contributed by atoms with Crippen molar-refractivity contribution in [2.75, 3.05) is 0 Å². The molecule has 1 aliphatic heterocycles. The molecule has 1 aromatic heterocycles. The third-order valence-electron chi connectivity index (χ3n) is 3.31. The molecule has 1 N–H and O–H groups in total. The van der Waals surface area contributed by atoms with Crippen molar-refractivity contribution in [3.63, 3.8) is 0 Å². The van der Waals surface area contributed by atoms with Crippen LogP contribution in [0.4, 0.5) is 4.39 Å². The van der Waals surface area contributed by atoms with Crippen LogP contribution in [0.1, 0.15) is 23.7 Å². The van der Waals surface area contributed by atoms with E-state index in [1.54, 1.807) is 12.1 Å². The van der Waals surface area contributed by atoms with Crippen LogP contribution in [0.15, 0.2) is 24.3 Å². The van der Waals surface area contributed by atoms with E-state index in [1.807, 2.05) is 6.92 Å². The summed E-state index contributed by atoms with van der Waals surface area (Å²) in [5.41, 5.74) is 0.199. The second-order valence-electron chi connectivity index (χ2n) is 4.75. The minimum atomic E-state index is -1.17. The summed E-state index contributed by atoms with van der Waals surface area (Å²) in [6.45, 7) is 2.43. The van der Waals surface area contributed by atoms with E-state index in [-0.39, 0.29) is 28.8 Å². The molecule has 2 heterocycles. The molecule has 0 fully saturated rings. The standard InChI is InChI=1S/C14H13FN2O3/c1-8-6-7-17-13(20-8)11(14(18)19)12(16-17)9-4-2-3-5-10(9)15/h2-5,8H,6-7H2,1H3,(H,18,19). The van der Waals surface area contributed by atoms with Crippen LogP contribution < -0.4 is 4.74 Å². The zero-order valence-corrected chi connectivity index (χ0v) is 10.8. The van der Waals surface area contributed by atoms with Crippen LogP contribution in [0.2, 0.25) is 0 Å². The lowest BCUT2D eigenvalue weighted by Gasteiger charge is -2.21. The summed E-state index contributed by atoms with van der Waals surface area (Å²) in [7, 11) is 0. The molecule has 0 spiro atoms. The monoisotopic (exact) mass is 276 g/mol. The Morgan fingerprint density at radius 2 is 2.25 bits per heavy atom. The molecular weight excluding hydrogens is 263 g/mol. The van der Waals surface area contributed by atoms with E-state index in [0.717, 1.165) is 6.42 Å². The first-order chi connectivity index (χ1) is 9.58. The van der Waals surface area contributed by atoms with Gasteiger partial charge in [0.15, 0.2) is 0 Å². The van der Waals surface area contributed by atoms with Gasteiger partial charge in [0.1, 0.15) is 17.1 Å². The predicted octanol–water partition coefficient (Wildman–Crippen LogP) is 2.56. The quantitative estimate of drug-likeness (QED) is 0.915. The number of carbonyl (C=O) groups is 1. The maximum absolute atomic E-state index is 13.9. The summed E-state index contributed by atoms with van der Waals surface area (Å²) >= 11 is 0. The number of fused-ring (bicyclic) bond motifs is 1. The van der Waals surface area contributed by atoms with Gasteiger partial charge in [-0.2, -0.15) is 5.10 Å². The highest BCUT2D eigenvalue weighted by Gasteiger charge is 2.30. The molecule has 1 unspecified atom stereocenters. The van der Waals surface area contributed by atoms with Gasteiger partial charge in [0.25, 0.3) is 0 Å². The molecule has 3 rings (SSSR count). The van der Waals surface area contributed by atoms with Crippen molar-refractivity contribution in [1.82, 2.24) is 9.78 Å². The minimum absolute atomic E-state index is 0.0780. The Kier molecular flexibility index (Phi) is 2.93. The van der Waals surface area contributed by atoms with Gasteiger partial charge in [-0.15, -0.1) is 0 Å². The van der Waals surface area contributed by atoms with E-state index in [2.05, 4.69) is 5.10 Å². The lowest BCUT2D eigenvalue weighted by Crippen LogP contribution is -2.24. The van der Waals surface area contributed by atoms with Crippen LogP contribution in [-0.4, -0.2) is 27.0 Å². The minimum Gasteiger partial charge on any atom is -0.477 e. The molecule has 104 valence electrons. The molecule has 2 aromatic rings. The number of aryl methyl sites for hydroxylation is 1. The van der Waals surface area contributed by atoms with Crippen molar-refractivity contribution in [2.45, 2.75) is 26.0 Å². The number of hydrogen-bond donors (Lipinski definition) is 1. The highest BCUT2D eigenvalue weighted by Crippen LogP contribution is 2.34. The van der Waals surface area contributed by atoms with Gasteiger partial charge in [-0.3, -0.25) is 0 Å². The number of rotatable bonds is 2. The number of nitrogens with zero attached hydrogens (tertiary/aromatic N) is 2. The first kappa shape index (κ1) is 12.7. The molecule has 5 nitrogen and oxygen atoms in total. The smallest absolute Gasteiger partial charge is 0.343 e. The summed E-state index contributed by atoms with van der Waals surface area (Å²) in [4.78, 5) is 11.5. The van der Waals surface area contributed by atoms with E-state index in [4.69, 9.17) is 4.74 Å². The summed E-state index contributed by atoms with van der Waals surface area (Å²) in [6.07, 6.45) is 0.663. The summed E-state index contributed by atoms with van der Waals surface area (Å²) in [6, 6.07) is 5.99. The van der Waals surface area contributed by atoms with Gasteiger partial charge in [0.2, 0.25) is 5.88 Å². The van der Waals surface area contributed by atoms with Crippen LogP contribution in [0, 0.1) is 5.82 Å². The predicted molar refractivity (Wildman–Crippen MR) is 69.3 cm³/mol. The molecule has 0 aliphatic carbocycles. The summed E-state index contributed by atoms with van der Waals surface area (Å²) in [5.74, 6) is -1.47. The Labute approximate surface area is 114 Å². The lowest BCUT2D eigenvalue weighted by atomic mass is 10.1. The highest BCUT2D eigenvalue weighted by molar-refractivity contribution is 5.97. The van der Waals surface area contributed by atoms with E-state index in [1.165, 1.54) is 16.8 Å². The summed E-state index contributed by atoms with van der Waals surface area (Å²) in [5, 5.41) is 13.6. The first-order valence-corrected chi connectivity index (χ1v) is 6.33. The average molecular weight is 276 g/mol. The lowest BCUT2D eigenvalue weighted by molar-refractivity contribution is 0.0684. The Morgan fingerprint density at radius 1 is 1.50 bits per heavy atom. The molecule has 6 heteroatoms. The molecule has 0 radical (unpaired) electrons. The fourth-order valence-corrected chi connectivity index (χ4v) is 2.31. The number of aromatic nitrogens is 2. The van der Waals surface area contributed by atoms with Crippen LogP contribution in [0.5, 0.6) is 5.88 Å². The molecule has 0 bridgehead atoms. The van der Waals surface area contributed by atoms with E-state index < -0.39 is 11.8 Å². The van der Waals surface area contributed by atoms with Crippen molar-refractivity contribution in [3.8, 4) is 17.1 Å². The zero-order valence-electron chi connectivity index (χ0n) is 10.8. The van der Waals surface area contributed by atoms with Gasteiger partial charge < -0.3 is 9.84 Å². The van der Waals surface area contributed by atoms with Crippen LogP contribution in [0.25, 0.3) is 11.3 Å². The number of benzene rings is 1. The molecule has 0 saturated heterocycles. The fourth-order valence-electron chi connectivity index (χ4n) is 2.31.